The maximum atomic E-state index is 13.9. The fraction of sp³-hybridized carbons (Fsp3) is 0.222. The summed E-state index contributed by atoms with van der Waals surface area (Å²) in [5.74, 6) is 1.40. The summed E-state index contributed by atoms with van der Waals surface area (Å²) in [6, 6.07) is 17.8. The van der Waals surface area contributed by atoms with E-state index in [9.17, 15) is 4.79 Å². The van der Waals surface area contributed by atoms with Crippen LogP contribution in [0.25, 0.3) is 26.5 Å². The molecule has 0 radical (unpaired) electrons. The highest BCUT2D eigenvalue weighted by Crippen LogP contribution is 2.36. The van der Waals surface area contributed by atoms with E-state index in [1.54, 1.807) is 46.1 Å². The van der Waals surface area contributed by atoms with Gasteiger partial charge in [-0.05, 0) is 55.5 Å². The van der Waals surface area contributed by atoms with Gasteiger partial charge in [0.1, 0.15) is 15.6 Å². The van der Waals surface area contributed by atoms with Crippen LogP contribution in [-0.2, 0) is 18.6 Å². The molecule has 0 bridgehead atoms. The standard InChI is InChI=1S/C27H23N3O2S3/c1-32-20-13-11-19(12-14-20)30-26(31)23-21-9-5-6-10-22(21)35-25(23)29-27(30)34-16-18-15-33-24(28-18)17-7-3-2-4-8-17/h2-4,7-8,11-15H,5-6,9-10,16H2,1H3. The Kier molecular flexibility index (Phi) is 6.18. The molecule has 5 aromatic rings. The Morgan fingerprint density at radius 3 is 2.63 bits per heavy atom. The van der Waals surface area contributed by atoms with E-state index in [4.69, 9.17) is 14.7 Å². The van der Waals surface area contributed by atoms with Gasteiger partial charge in [0, 0.05) is 21.6 Å². The van der Waals surface area contributed by atoms with Crippen molar-refractivity contribution in [2.45, 2.75) is 36.6 Å². The Hall–Kier alpha value is -2.94. The molecule has 0 fully saturated rings. The van der Waals surface area contributed by atoms with Crippen LogP contribution in [0, 0.1) is 0 Å². The third-order valence-corrected chi connectivity index (χ3v) is 9.31. The molecule has 8 heteroatoms. The second-order valence-corrected chi connectivity index (χ2v) is 11.3. The smallest absolute Gasteiger partial charge is 0.267 e. The summed E-state index contributed by atoms with van der Waals surface area (Å²) in [5, 5.41) is 4.58. The molecule has 6 rings (SSSR count). The van der Waals surface area contributed by atoms with E-state index in [2.05, 4.69) is 17.5 Å². The molecule has 3 heterocycles. The zero-order valence-electron chi connectivity index (χ0n) is 19.2. The minimum atomic E-state index is 0.0188. The van der Waals surface area contributed by atoms with Gasteiger partial charge >= 0.3 is 0 Å². The molecule has 1 aliphatic carbocycles. The van der Waals surface area contributed by atoms with Crippen LogP contribution in [0.15, 0.2) is 69.9 Å². The van der Waals surface area contributed by atoms with Gasteiger partial charge in [-0.15, -0.1) is 22.7 Å². The lowest BCUT2D eigenvalue weighted by Crippen LogP contribution is -2.22. The summed E-state index contributed by atoms with van der Waals surface area (Å²) < 4.78 is 7.09. The Bertz CT molecular complexity index is 1550. The van der Waals surface area contributed by atoms with Crippen LogP contribution in [0.1, 0.15) is 29.0 Å². The summed E-state index contributed by atoms with van der Waals surface area (Å²) in [7, 11) is 1.64. The number of ether oxygens (including phenoxy) is 1. The number of benzene rings is 2. The second kappa shape index (κ2) is 9.60. The van der Waals surface area contributed by atoms with Crippen molar-refractivity contribution in [3.8, 4) is 22.0 Å². The molecule has 0 N–H and O–H groups in total. The highest BCUT2D eigenvalue weighted by atomic mass is 32.2. The summed E-state index contributed by atoms with van der Waals surface area (Å²) in [5.41, 5.74) is 4.13. The lowest BCUT2D eigenvalue weighted by molar-refractivity contribution is 0.414. The number of aryl methyl sites for hydroxylation is 2. The summed E-state index contributed by atoms with van der Waals surface area (Å²) >= 11 is 4.89. The number of aromatic nitrogens is 3. The molecule has 0 aliphatic heterocycles. The molecule has 0 saturated carbocycles. The number of rotatable bonds is 6. The number of thiazole rings is 1. The predicted molar refractivity (Wildman–Crippen MR) is 146 cm³/mol. The quantitative estimate of drug-likeness (QED) is 0.184. The largest absolute Gasteiger partial charge is 0.497 e. The molecule has 5 nitrogen and oxygen atoms in total. The van der Waals surface area contributed by atoms with Crippen molar-refractivity contribution in [3.63, 3.8) is 0 Å². The van der Waals surface area contributed by atoms with Gasteiger partial charge in [-0.3, -0.25) is 9.36 Å². The Morgan fingerprint density at radius 1 is 1.03 bits per heavy atom. The normalized spacial score (nSPS) is 13.2. The van der Waals surface area contributed by atoms with Gasteiger partial charge in [-0.2, -0.15) is 0 Å². The molecular weight excluding hydrogens is 495 g/mol. The third-order valence-electron chi connectivity index (χ3n) is 6.21. The molecule has 35 heavy (non-hydrogen) atoms. The van der Waals surface area contributed by atoms with E-state index in [-0.39, 0.29) is 5.56 Å². The van der Waals surface area contributed by atoms with Gasteiger partial charge in [0.05, 0.1) is 23.9 Å². The number of thioether (sulfide) groups is 1. The number of nitrogens with zero attached hydrogens (tertiary/aromatic N) is 3. The van der Waals surface area contributed by atoms with Gasteiger partial charge in [0.15, 0.2) is 5.16 Å². The average Bonchev–Trinajstić information content (AvgIpc) is 3.53. The number of methoxy groups -OCH3 is 1. The molecule has 176 valence electrons. The van der Waals surface area contributed by atoms with Crippen LogP contribution in [0.5, 0.6) is 5.75 Å². The molecule has 0 spiro atoms. The fourth-order valence-electron chi connectivity index (χ4n) is 4.47. The minimum absolute atomic E-state index is 0.0188. The monoisotopic (exact) mass is 517 g/mol. The van der Waals surface area contributed by atoms with Crippen LogP contribution in [0.2, 0.25) is 0 Å². The number of thiophene rings is 1. The molecule has 3 aromatic heterocycles. The lowest BCUT2D eigenvalue weighted by atomic mass is 9.97. The first-order valence-electron chi connectivity index (χ1n) is 11.6. The highest BCUT2D eigenvalue weighted by molar-refractivity contribution is 7.98. The van der Waals surface area contributed by atoms with Crippen LogP contribution < -0.4 is 10.3 Å². The van der Waals surface area contributed by atoms with Gasteiger partial charge < -0.3 is 4.74 Å². The molecule has 0 unspecified atom stereocenters. The first kappa shape index (κ1) is 22.5. The SMILES string of the molecule is COc1ccc(-n2c(SCc3csc(-c4ccccc4)n3)nc3sc4c(c3c2=O)CCCC4)cc1. The second-order valence-electron chi connectivity index (χ2n) is 8.42. The first-order chi connectivity index (χ1) is 17.2. The van der Waals surface area contributed by atoms with Crippen molar-refractivity contribution < 1.29 is 4.74 Å². The Morgan fingerprint density at radius 2 is 1.83 bits per heavy atom. The minimum Gasteiger partial charge on any atom is -0.497 e. The fourth-order valence-corrected chi connectivity index (χ4v) is 7.61. The average molecular weight is 518 g/mol. The molecule has 0 amide bonds. The summed E-state index contributed by atoms with van der Waals surface area (Å²) in [6.45, 7) is 0. The molecule has 2 aromatic carbocycles. The van der Waals surface area contributed by atoms with E-state index in [1.807, 2.05) is 42.5 Å². The van der Waals surface area contributed by atoms with Gasteiger partial charge in [0.25, 0.3) is 5.56 Å². The zero-order valence-corrected chi connectivity index (χ0v) is 21.6. The van der Waals surface area contributed by atoms with Crippen LogP contribution >= 0.6 is 34.4 Å². The van der Waals surface area contributed by atoms with Gasteiger partial charge in [-0.1, -0.05) is 42.1 Å². The molecular formula is C27H23N3O2S3. The van der Waals surface area contributed by atoms with E-state index in [0.717, 1.165) is 57.2 Å². The van der Waals surface area contributed by atoms with E-state index in [0.29, 0.717) is 10.9 Å². The molecule has 0 atom stereocenters. The van der Waals surface area contributed by atoms with Crippen molar-refractivity contribution in [1.29, 1.82) is 0 Å². The van der Waals surface area contributed by atoms with Crippen molar-refractivity contribution in [1.82, 2.24) is 14.5 Å². The van der Waals surface area contributed by atoms with Crippen LogP contribution in [-0.4, -0.2) is 21.6 Å². The maximum absolute atomic E-state index is 13.9. The lowest BCUT2D eigenvalue weighted by Gasteiger charge is -2.14. The van der Waals surface area contributed by atoms with Gasteiger partial charge in [0.2, 0.25) is 0 Å². The van der Waals surface area contributed by atoms with Crippen molar-refractivity contribution in [3.05, 3.63) is 86.5 Å². The zero-order chi connectivity index (χ0) is 23.8. The van der Waals surface area contributed by atoms with Crippen molar-refractivity contribution >= 4 is 44.7 Å². The van der Waals surface area contributed by atoms with E-state index >= 15 is 0 Å². The predicted octanol–water partition coefficient (Wildman–Crippen LogP) is 6.75. The number of hydrogen-bond acceptors (Lipinski definition) is 7. The van der Waals surface area contributed by atoms with Crippen LogP contribution in [0.3, 0.4) is 0 Å². The Labute approximate surface area is 215 Å². The summed E-state index contributed by atoms with van der Waals surface area (Å²) in [4.78, 5) is 25.9. The maximum Gasteiger partial charge on any atom is 0.267 e. The number of hydrogen-bond donors (Lipinski definition) is 0. The topological polar surface area (TPSA) is 57.0 Å². The molecule has 1 aliphatic rings. The third kappa shape index (κ3) is 4.30. The van der Waals surface area contributed by atoms with Crippen molar-refractivity contribution in [2.75, 3.05) is 7.11 Å². The molecule has 0 saturated heterocycles. The Balaban J connectivity index is 1.40. The first-order valence-corrected chi connectivity index (χ1v) is 14.2. The number of fused-ring (bicyclic) bond motifs is 3. The van der Waals surface area contributed by atoms with E-state index in [1.165, 1.54) is 16.9 Å². The van der Waals surface area contributed by atoms with Gasteiger partial charge in [-0.25, -0.2) is 9.97 Å². The van der Waals surface area contributed by atoms with E-state index < -0.39 is 0 Å². The highest BCUT2D eigenvalue weighted by Gasteiger charge is 2.23. The van der Waals surface area contributed by atoms with Crippen LogP contribution in [0.4, 0.5) is 0 Å². The van der Waals surface area contributed by atoms with Crippen molar-refractivity contribution in [2.24, 2.45) is 0 Å². The summed E-state index contributed by atoms with van der Waals surface area (Å²) in [6.07, 6.45) is 4.32.